The Hall–Kier alpha value is -2.41. The Labute approximate surface area is 221 Å². The lowest BCUT2D eigenvalue weighted by molar-refractivity contribution is -0.0242. The van der Waals surface area contributed by atoms with Gasteiger partial charge in [0.05, 0.1) is 18.3 Å². The van der Waals surface area contributed by atoms with E-state index in [0.717, 1.165) is 4.57 Å². The van der Waals surface area contributed by atoms with E-state index in [1.807, 2.05) is 0 Å². The van der Waals surface area contributed by atoms with Crippen LogP contribution in [0.5, 0.6) is 5.75 Å². The number of nitrogens with two attached hydrogens (primary N) is 2. The van der Waals surface area contributed by atoms with Crippen LogP contribution in [0, 0.1) is 11.8 Å². The third-order valence-electron chi connectivity index (χ3n) is 4.80. The Bertz CT molecular complexity index is 1430. The van der Waals surface area contributed by atoms with Gasteiger partial charge < -0.3 is 40.5 Å². The van der Waals surface area contributed by atoms with E-state index in [0.29, 0.717) is 24.5 Å². The molecular formula is C19H25N4O13P3. The van der Waals surface area contributed by atoms with Gasteiger partial charge in [-0.15, -0.1) is 0 Å². The summed E-state index contributed by atoms with van der Waals surface area (Å²) < 4.78 is 58.1. The van der Waals surface area contributed by atoms with E-state index in [1.54, 1.807) is 24.3 Å². The van der Waals surface area contributed by atoms with Gasteiger partial charge in [0.2, 0.25) is 0 Å². The second kappa shape index (κ2) is 12.8. The Balaban J connectivity index is 1.64. The number of phosphoric ester groups is 1. The van der Waals surface area contributed by atoms with Gasteiger partial charge in [-0.1, -0.05) is 11.8 Å². The first-order valence-electron chi connectivity index (χ1n) is 10.9. The van der Waals surface area contributed by atoms with E-state index < -0.39 is 48.1 Å². The summed E-state index contributed by atoms with van der Waals surface area (Å²) in [6.07, 6.45) is 0.0638. The quantitative estimate of drug-likeness (QED) is 0.150. The molecule has 0 radical (unpaired) electrons. The van der Waals surface area contributed by atoms with Crippen LogP contribution in [0.3, 0.4) is 0 Å². The molecule has 214 valence electrons. The average Bonchev–Trinajstić information content (AvgIpc) is 3.28. The first kappa shape index (κ1) is 31.1. The molecule has 2 aromatic rings. The van der Waals surface area contributed by atoms with Crippen molar-refractivity contribution in [3.63, 3.8) is 0 Å². The smallest absolute Gasteiger partial charge is 0.490 e. The van der Waals surface area contributed by atoms with Crippen molar-refractivity contribution in [3.8, 4) is 17.6 Å². The highest BCUT2D eigenvalue weighted by Gasteiger charge is 2.41. The van der Waals surface area contributed by atoms with Crippen LogP contribution in [-0.4, -0.2) is 55.0 Å². The van der Waals surface area contributed by atoms with Crippen LogP contribution in [0.4, 0.5) is 5.82 Å². The molecule has 20 heteroatoms. The standard InChI is InChI=1S/C19H25N4O13P3/c20-9-10-32-15-5-2-13(3-6-15)1-4-14-11-23(19(24)22-18(14)21)17-8-7-16(34-17)12-33-38(28,29)36-39(30,31)35-37(25,26)27/h2-3,5-6,11,16-17H,7-10,12,20H2,(H,28,29)(H,30,31)(H2,21,22,24)(H2,25,26,27). The number of rotatable bonds is 11. The zero-order chi connectivity index (χ0) is 28.8. The zero-order valence-electron chi connectivity index (χ0n) is 19.9. The minimum Gasteiger partial charge on any atom is -0.492 e. The normalized spacial score (nSPS) is 20.4. The summed E-state index contributed by atoms with van der Waals surface area (Å²) in [6.45, 7) is 0.106. The predicted octanol–water partition coefficient (Wildman–Crippen LogP) is 0.584. The largest absolute Gasteiger partial charge is 0.492 e. The number of aromatic nitrogens is 2. The lowest BCUT2D eigenvalue weighted by atomic mass is 10.2. The van der Waals surface area contributed by atoms with E-state index in [9.17, 15) is 28.3 Å². The van der Waals surface area contributed by atoms with Crippen LogP contribution < -0.4 is 21.9 Å². The molecule has 1 aliphatic rings. The van der Waals surface area contributed by atoms with Crippen LogP contribution in [0.1, 0.15) is 30.2 Å². The van der Waals surface area contributed by atoms with E-state index in [4.69, 9.17) is 30.7 Å². The second-order valence-electron chi connectivity index (χ2n) is 7.82. The van der Waals surface area contributed by atoms with Crippen LogP contribution in [0.15, 0.2) is 35.3 Å². The maximum absolute atomic E-state index is 12.4. The molecule has 0 saturated carbocycles. The number of nitrogens with zero attached hydrogens (tertiary/aromatic N) is 2. The molecule has 1 saturated heterocycles. The molecule has 3 rings (SSSR count). The Kier molecular flexibility index (Phi) is 10.2. The van der Waals surface area contributed by atoms with Crippen LogP contribution in [-0.2, 0) is 31.6 Å². The number of hydrogen-bond acceptors (Lipinski definition) is 12. The van der Waals surface area contributed by atoms with Crippen molar-refractivity contribution in [1.82, 2.24) is 9.55 Å². The topological polar surface area (TPSA) is 265 Å². The van der Waals surface area contributed by atoms with E-state index >= 15 is 0 Å². The molecular weight excluding hydrogens is 585 g/mol. The summed E-state index contributed by atoms with van der Waals surface area (Å²) in [5, 5.41) is 0. The number of phosphoric acid groups is 3. The fourth-order valence-corrected chi connectivity index (χ4v) is 6.28. The molecule has 8 N–H and O–H groups in total. The molecule has 0 amide bonds. The number of benzene rings is 1. The van der Waals surface area contributed by atoms with Crippen molar-refractivity contribution in [2.45, 2.75) is 25.2 Å². The van der Waals surface area contributed by atoms with Crippen LogP contribution in [0.25, 0.3) is 0 Å². The number of ether oxygens (including phenoxy) is 2. The van der Waals surface area contributed by atoms with Gasteiger partial charge in [0.15, 0.2) is 0 Å². The molecule has 4 unspecified atom stereocenters. The number of nitrogen functional groups attached to an aromatic ring is 1. The molecule has 1 aromatic heterocycles. The first-order valence-corrected chi connectivity index (χ1v) is 15.5. The fourth-order valence-electron chi connectivity index (χ4n) is 3.23. The third-order valence-corrected chi connectivity index (χ3v) is 8.60. The van der Waals surface area contributed by atoms with Crippen LogP contribution >= 0.6 is 23.5 Å². The molecule has 0 bridgehead atoms. The van der Waals surface area contributed by atoms with E-state index in [-0.39, 0.29) is 24.2 Å². The van der Waals surface area contributed by atoms with Gasteiger partial charge in [-0.25, -0.2) is 18.5 Å². The third kappa shape index (κ3) is 9.93. The monoisotopic (exact) mass is 610 g/mol. The number of hydrogen-bond donors (Lipinski definition) is 6. The molecule has 1 fully saturated rings. The maximum atomic E-state index is 12.4. The fraction of sp³-hybridized carbons (Fsp3) is 0.368. The molecule has 0 spiro atoms. The van der Waals surface area contributed by atoms with Crippen molar-refractivity contribution in [2.75, 3.05) is 25.5 Å². The summed E-state index contributed by atoms with van der Waals surface area (Å²) in [6, 6.07) is 6.88. The van der Waals surface area contributed by atoms with E-state index in [2.05, 4.69) is 30.0 Å². The lowest BCUT2D eigenvalue weighted by Crippen LogP contribution is -2.29. The van der Waals surface area contributed by atoms with Crippen molar-refractivity contribution >= 4 is 29.3 Å². The molecule has 1 aromatic carbocycles. The summed E-state index contributed by atoms with van der Waals surface area (Å²) in [5.74, 6) is 6.26. The SMILES string of the molecule is NCCOc1ccc(C#Cc2cn(C3CCC(COP(=O)(O)OP(=O)(O)OP(=O)(O)O)O3)c(=O)nc2N)cc1. The highest BCUT2D eigenvalue weighted by atomic mass is 31.3. The minimum absolute atomic E-state index is 0.103. The molecule has 2 heterocycles. The number of anilines is 1. The Morgan fingerprint density at radius 2 is 1.74 bits per heavy atom. The molecule has 39 heavy (non-hydrogen) atoms. The first-order chi connectivity index (χ1) is 18.2. The lowest BCUT2D eigenvalue weighted by Gasteiger charge is -2.19. The van der Waals surface area contributed by atoms with Gasteiger partial charge >= 0.3 is 29.2 Å². The Morgan fingerprint density at radius 3 is 2.38 bits per heavy atom. The average molecular weight is 610 g/mol. The van der Waals surface area contributed by atoms with Crippen molar-refractivity contribution in [2.24, 2.45) is 5.73 Å². The summed E-state index contributed by atoms with van der Waals surface area (Å²) in [4.78, 5) is 52.1. The van der Waals surface area contributed by atoms with Crippen LogP contribution in [0.2, 0.25) is 0 Å². The zero-order valence-corrected chi connectivity index (χ0v) is 22.6. The predicted molar refractivity (Wildman–Crippen MR) is 133 cm³/mol. The molecule has 4 atom stereocenters. The van der Waals surface area contributed by atoms with Gasteiger partial charge in [0.25, 0.3) is 0 Å². The summed E-state index contributed by atoms with van der Waals surface area (Å²) in [5.41, 5.74) is 11.4. The Morgan fingerprint density at radius 1 is 1.05 bits per heavy atom. The van der Waals surface area contributed by atoms with Gasteiger partial charge in [0, 0.05) is 18.3 Å². The molecule has 1 aliphatic heterocycles. The van der Waals surface area contributed by atoms with Crippen molar-refractivity contribution < 1.29 is 55.9 Å². The van der Waals surface area contributed by atoms with E-state index in [1.165, 1.54) is 6.20 Å². The van der Waals surface area contributed by atoms with Gasteiger partial charge in [-0.3, -0.25) is 9.09 Å². The van der Waals surface area contributed by atoms with Crippen molar-refractivity contribution in [3.05, 3.63) is 52.1 Å². The maximum Gasteiger partial charge on any atom is 0.490 e. The van der Waals surface area contributed by atoms with Gasteiger partial charge in [-0.2, -0.15) is 13.6 Å². The molecule has 17 nitrogen and oxygen atoms in total. The van der Waals surface area contributed by atoms with Crippen molar-refractivity contribution in [1.29, 1.82) is 0 Å². The molecule has 0 aliphatic carbocycles. The van der Waals surface area contributed by atoms with Gasteiger partial charge in [0.1, 0.15) is 24.4 Å². The summed E-state index contributed by atoms with van der Waals surface area (Å²) in [7, 11) is -16.5. The highest BCUT2D eigenvalue weighted by molar-refractivity contribution is 7.66. The minimum atomic E-state index is -5.64. The summed E-state index contributed by atoms with van der Waals surface area (Å²) >= 11 is 0. The van der Waals surface area contributed by atoms with Gasteiger partial charge in [-0.05, 0) is 37.1 Å². The second-order valence-corrected chi connectivity index (χ2v) is 12.2. The highest BCUT2D eigenvalue weighted by Crippen LogP contribution is 2.66.